The summed E-state index contributed by atoms with van der Waals surface area (Å²) in [7, 11) is -4.50. The van der Waals surface area contributed by atoms with Gasteiger partial charge in [0.05, 0.1) is 5.56 Å². The fourth-order valence-electron chi connectivity index (χ4n) is 2.36. The number of rotatable bonds is 3. The molecule has 9 heteroatoms. The van der Waals surface area contributed by atoms with E-state index in [9.17, 15) is 26.4 Å². The summed E-state index contributed by atoms with van der Waals surface area (Å²) in [5, 5.41) is 0.577. The van der Waals surface area contributed by atoms with E-state index in [1.54, 1.807) is 6.92 Å². The lowest BCUT2D eigenvalue weighted by molar-refractivity contribution is -0.137. The standard InChI is InChI=1S/C17H11F3O5S/c1-10-7-16(21)24-15-9-12(5-6-14(10)15)25-26(22,23)13-4-2-3-11(8-13)17(18,19)20/h2-9H,1H3. The summed E-state index contributed by atoms with van der Waals surface area (Å²) < 4.78 is 72.7. The average molecular weight is 384 g/mol. The normalized spacial score (nSPS) is 12.3. The van der Waals surface area contributed by atoms with E-state index in [-0.39, 0.29) is 11.3 Å². The van der Waals surface area contributed by atoms with Gasteiger partial charge in [0, 0.05) is 17.5 Å². The zero-order chi connectivity index (χ0) is 19.1. The second kappa shape index (κ2) is 6.17. The molecular formula is C17H11F3O5S. The Hall–Kier alpha value is -2.81. The lowest BCUT2D eigenvalue weighted by atomic mass is 10.1. The van der Waals surface area contributed by atoms with Gasteiger partial charge in [-0.1, -0.05) is 6.07 Å². The molecule has 0 amide bonds. The molecule has 2 aromatic carbocycles. The third-order valence-corrected chi connectivity index (χ3v) is 4.82. The largest absolute Gasteiger partial charge is 0.423 e. The van der Waals surface area contributed by atoms with E-state index in [4.69, 9.17) is 8.60 Å². The minimum absolute atomic E-state index is 0.103. The molecule has 0 atom stereocenters. The molecule has 0 aliphatic rings. The topological polar surface area (TPSA) is 73.6 Å². The van der Waals surface area contributed by atoms with Gasteiger partial charge in [0.1, 0.15) is 16.2 Å². The molecule has 0 aliphatic heterocycles. The Labute approximate surface area is 145 Å². The van der Waals surface area contributed by atoms with E-state index in [0.29, 0.717) is 17.0 Å². The van der Waals surface area contributed by atoms with Crippen LogP contribution in [0.2, 0.25) is 0 Å². The molecule has 3 aromatic rings. The zero-order valence-electron chi connectivity index (χ0n) is 13.2. The molecule has 1 aromatic heterocycles. The summed E-state index contributed by atoms with van der Waals surface area (Å²) >= 11 is 0. The van der Waals surface area contributed by atoms with Crippen LogP contribution in [0.4, 0.5) is 13.2 Å². The number of alkyl halides is 3. The minimum atomic E-state index is -4.69. The molecule has 0 saturated heterocycles. The smallest absolute Gasteiger partial charge is 0.416 e. The van der Waals surface area contributed by atoms with Crippen LogP contribution in [0, 0.1) is 6.92 Å². The summed E-state index contributed by atoms with van der Waals surface area (Å²) in [4.78, 5) is 10.8. The zero-order valence-corrected chi connectivity index (χ0v) is 14.0. The first-order chi connectivity index (χ1) is 12.1. The van der Waals surface area contributed by atoms with Crippen molar-refractivity contribution in [1.29, 1.82) is 0 Å². The Morgan fingerprint density at radius 2 is 1.77 bits per heavy atom. The highest BCUT2D eigenvalue weighted by Crippen LogP contribution is 2.31. The third-order valence-electron chi connectivity index (χ3n) is 3.58. The molecule has 0 fully saturated rings. The van der Waals surface area contributed by atoms with Crippen molar-refractivity contribution in [3.8, 4) is 5.75 Å². The molecule has 26 heavy (non-hydrogen) atoms. The van der Waals surface area contributed by atoms with Crippen LogP contribution in [-0.2, 0) is 16.3 Å². The van der Waals surface area contributed by atoms with E-state index in [2.05, 4.69) is 0 Å². The predicted molar refractivity (Wildman–Crippen MR) is 86.5 cm³/mol. The quantitative estimate of drug-likeness (QED) is 0.506. The Bertz CT molecular complexity index is 1150. The highest BCUT2D eigenvalue weighted by atomic mass is 32.2. The fourth-order valence-corrected chi connectivity index (χ4v) is 3.33. The van der Waals surface area contributed by atoms with Crippen LogP contribution in [0.25, 0.3) is 11.0 Å². The van der Waals surface area contributed by atoms with Crippen molar-refractivity contribution in [1.82, 2.24) is 0 Å². The van der Waals surface area contributed by atoms with Crippen LogP contribution in [0.5, 0.6) is 5.75 Å². The van der Waals surface area contributed by atoms with Crippen LogP contribution < -0.4 is 9.81 Å². The van der Waals surface area contributed by atoms with Crippen molar-refractivity contribution >= 4 is 21.1 Å². The Morgan fingerprint density at radius 1 is 1.04 bits per heavy atom. The molecule has 1 heterocycles. The summed E-state index contributed by atoms with van der Waals surface area (Å²) in [5.41, 5.74) is -0.995. The summed E-state index contributed by atoms with van der Waals surface area (Å²) in [6.45, 7) is 1.68. The summed E-state index contributed by atoms with van der Waals surface area (Å²) in [6, 6.07) is 8.49. The van der Waals surface area contributed by atoms with Crippen LogP contribution in [-0.4, -0.2) is 8.42 Å². The molecule has 0 aliphatic carbocycles. The van der Waals surface area contributed by atoms with Gasteiger partial charge in [-0.25, -0.2) is 4.79 Å². The number of benzene rings is 2. The molecule has 3 rings (SSSR count). The molecule has 0 saturated carbocycles. The SMILES string of the molecule is Cc1cc(=O)oc2cc(OS(=O)(=O)c3cccc(C(F)(F)F)c3)ccc12. The van der Waals surface area contributed by atoms with Gasteiger partial charge in [0.25, 0.3) is 0 Å². The Kier molecular flexibility index (Phi) is 4.27. The van der Waals surface area contributed by atoms with Gasteiger partial charge in [0.2, 0.25) is 0 Å². The number of fused-ring (bicyclic) bond motifs is 1. The summed E-state index contributed by atoms with van der Waals surface area (Å²) in [6.07, 6.45) is -4.69. The molecular weight excluding hydrogens is 373 g/mol. The van der Waals surface area contributed by atoms with Crippen molar-refractivity contribution in [2.45, 2.75) is 18.0 Å². The van der Waals surface area contributed by atoms with Crippen LogP contribution in [0.3, 0.4) is 0 Å². The van der Waals surface area contributed by atoms with E-state index >= 15 is 0 Å². The van der Waals surface area contributed by atoms with Crippen LogP contribution in [0.15, 0.2) is 62.6 Å². The molecule has 0 unspecified atom stereocenters. The van der Waals surface area contributed by atoms with Gasteiger partial charge in [-0.15, -0.1) is 0 Å². The predicted octanol–water partition coefficient (Wildman–Crippen LogP) is 3.89. The summed E-state index contributed by atoms with van der Waals surface area (Å²) in [5.74, 6) is -0.191. The van der Waals surface area contributed by atoms with E-state index < -0.39 is 32.4 Å². The molecule has 0 bridgehead atoms. The van der Waals surface area contributed by atoms with Crippen LogP contribution in [0.1, 0.15) is 11.1 Å². The van der Waals surface area contributed by atoms with E-state index in [0.717, 1.165) is 18.2 Å². The lowest BCUT2D eigenvalue weighted by Crippen LogP contribution is -2.12. The van der Waals surface area contributed by atoms with Gasteiger partial charge < -0.3 is 8.60 Å². The van der Waals surface area contributed by atoms with Gasteiger partial charge in [-0.2, -0.15) is 21.6 Å². The Balaban J connectivity index is 2.00. The van der Waals surface area contributed by atoms with Gasteiger partial charge in [0.15, 0.2) is 0 Å². The Morgan fingerprint density at radius 3 is 2.46 bits per heavy atom. The van der Waals surface area contributed by atoms with Crippen molar-refractivity contribution in [2.75, 3.05) is 0 Å². The van der Waals surface area contributed by atoms with Crippen molar-refractivity contribution in [3.05, 3.63) is 70.1 Å². The number of hydrogen-bond acceptors (Lipinski definition) is 5. The van der Waals surface area contributed by atoms with Gasteiger partial charge in [-0.05, 0) is 42.8 Å². The van der Waals surface area contributed by atoms with Crippen molar-refractivity contribution < 1.29 is 30.2 Å². The van der Waals surface area contributed by atoms with Gasteiger partial charge >= 0.3 is 21.9 Å². The maximum Gasteiger partial charge on any atom is 0.416 e. The highest BCUT2D eigenvalue weighted by Gasteiger charge is 2.32. The fraction of sp³-hybridized carbons (Fsp3) is 0.118. The first kappa shape index (κ1) is 18.0. The third kappa shape index (κ3) is 3.57. The second-order valence-corrected chi connectivity index (χ2v) is 7.02. The lowest BCUT2D eigenvalue weighted by Gasteiger charge is -2.10. The van der Waals surface area contributed by atoms with Gasteiger partial charge in [-0.3, -0.25) is 0 Å². The average Bonchev–Trinajstić information content (AvgIpc) is 2.53. The number of halogens is 3. The highest BCUT2D eigenvalue weighted by molar-refractivity contribution is 7.87. The first-order valence-electron chi connectivity index (χ1n) is 7.22. The van der Waals surface area contributed by atoms with E-state index in [1.165, 1.54) is 24.3 Å². The molecule has 0 spiro atoms. The maximum atomic E-state index is 12.8. The van der Waals surface area contributed by atoms with Crippen molar-refractivity contribution in [3.63, 3.8) is 0 Å². The number of aryl methyl sites for hydroxylation is 1. The molecule has 0 N–H and O–H groups in total. The molecule has 5 nitrogen and oxygen atoms in total. The maximum absolute atomic E-state index is 12.8. The first-order valence-corrected chi connectivity index (χ1v) is 8.63. The van der Waals surface area contributed by atoms with E-state index in [1.807, 2.05) is 0 Å². The second-order valence-electron chi connectivity index (χ2n) is 5.47. The minimum Gasteiger partial charge on any atom is -0.423 e. The molecule has 0 radical (unpaired) electrons. The van der Waals surface area contributed by atoms with Crippen LogP contribution >= 0.6 is 0 Å². The van der Waals surface area contributed by atoms with Crippen molar-refractivity contribution in [2.24, 2.45) is 0 Å². The molecule has 136 valence electrons. The monoisotopic (exact) mass is 384 g/mol. The number of hydrogen-bond donors (Lipinski definition) is 0.